The highest BCUT2D eigenvalue weighted by molar-refractivity contribution is 5.79. The van der Waals surface area contributed by atoms with Gasteiger partial charge in [0, 0.05) is 17.5 Å². The zero-order chi connectivity index (χ0) is 16.3. The average Bonchev–Trinajstić information content (AvgIpc) is 2.47. The Balaban J connectivity index is 1.93. The molecule has 1 aromatic carbocycles. The number of amides is 1. The Morgan fingerprint density at radius 2 is 1.77 bits per heavy atom. The number of halogens is 2. The maximum atomic E-state index is 13.7. The van der Waals surface area contributed by atoms with E-state index in [-0.39, 0.29) is 23.3 Å². The van der Waals surface area contributed by atoms with Crippen LogP contribution in [-0.2, 0) is 9.59 Å². The first-order valence-corrected chi connectivity index (χ1v) is 7.36. The number of carboxylic acids is 1. The van der Waals surface area contributed by atoms with Gasteiger partial charge in [0.25, 0.3) is 0 Å². The number of carbonyl (C=O) groups is 2. The SMILES string of the molecule is CC(NC(=O)C1CCC(C(=O)O)CC1)c1ccc(F)cc1F. The van der Waals surface area contributed by atoms with Crippen LogP contribution in [0.5, 0.6) is 0 Å². The van der Waals surface area contributed by atoms with Gasteiger partial charge in [0.05, 0.1) is 12.0 Å². The Bertz CT molecular complexity index is 569. The van der Waals surface area contributed by atoms with Crippen LogP contribution in [0.3, 0.4) is 0 Å². The van der Waals surface area contributed by atoms with Crippen LogP contribution in [0, 0.1) is 23.5 Å². The lowest BCUT2D eigenvalue weighted by Gasteiger charge is -2.26. The highest BCUT2D eigenvalue weighted by Gasteiger charge is 2.30. The van der Waals surface area contributed by atoms with E-state index in [4.69, 9.17) is 5.11 Å². The number of benzene rings is 1. The molecule has 4 nitrogen and oxygen atoms in total. The molecule has 1 aromatic rings. The Hall–Kier alpha value is -1.98. The molecule has 1 unspecified atom stereocenters. The summed E-state index contributed by atoms with van der Waals surface area (Å²) in [5.74, 6) is -3.01. The smallest absolute Gasteiger partial charge is 0.306 e. The van der Waals surface area contributed by atoms with E-state index >= 15 is 0 Å². The number of carbonyl (C=O) groups excluding carboxylic acids is 1. The van der Waals surface area contributed by atoms with Crippen molar-refractivity contribution in [2.75, 3.05) is 0 Å². The third kappa shape index (κ3) is 3.81. The first-order chi connectivity index (χ1) is 10.4. The molecule has 1 aliphatic rings. The van der Waals surface area contributed by atoms with Gasteiger partial charge >= 0.3 is 5.97 Å². The van der Waals surface area contributed by atoms with E-state index in [0.717, 1.165) is 12.1 Å². The summed E-state index contributed by atoms with van der Waals surface area (Å²) in [6.45, 7) is 1.64. The summed E-state index contributed by atoms with van der Waals surface area (Å²) >= 11 is 0. The van der Waals surface area contributed by atoms with Gasteiger partial charge in [0.2, 0.25) is 5.91 Å². The lowest BCUT2D eigenvalue weighted by Crippen LogP contribution is -2.36. The number of hydrogen-bond acceptors (Lipinski definition) is 2. The first kappa shape index (κ1) is 16.4. The molecule has 0 radical (unpaired) electrons. The van der Waals surface area contributed by atoms with Crippen molar-refractivity contribution in [1.82, 2.24) is 5.32 Å². The quantitative estimate of drug-likeness (QED) is 0.898. The molecule has 0 aromatic heterocycles. The predicted octanol–water partition coefficient (Wildman–Crippen LogP) is 3.03. The highest BCUT2D eigenvalue weighted by Crippen LogP contribution is 2.29. The first-order valence-electron chi connectivity index (χ1n) is 7.36. The maximum Gasteiger partial charge on any atom is 0.306 e. The van der Waals surface area contributed by atoms with Gasteiger partial charge in [-0.3, -0.25) is 9.59 Å². The van der Waals surface area contributed by atoms with Crippen molar-refractivity contribution in [3.05, 3.63) is 35.4 Å². The Morgan fingerprint density at radius 1 is 1.18 bits per heavy atom. The number of aliphatic carboxylic acids is 1. The van der Waals surface area contributed by atoms with Crippen molar-refractivity contribution in [3.8, 4) is 0 Å². The van der Waals surface area contributed by atoms with Crippen LogP contribution in [0.2, 0.25) is 0 Å². The summed E-state index contributed by atoms with van der Waals surface area (Å²) in [6.07, 6.45) is 1.99. The van der Waals surface area contributed by atoms with E-state index in [9.17, 15) is 18.4 Å². The van der Waals surface area contributed by atoms with Crippen LogP contribution in [0.15, 0.2) is 18.2 Å². The lowest BCUT2D eigenvalue weighted by atomic mass is 9.81. The summed E-state index contributed by atoms with van der Waals surface area (Å²) in [7, 11) is 0. The average molecular weight is 311 g/mol. The molecule has 1 fully saturated rings. The van der Waals surface area contributed by atoms with Gasteiger partial charge in [0.15, 0.2) is 0 Å². The van der Waals surface area contributed by atoms with Gasteiger partial charge in [-0.15, -0.1) is 0 Å². The van der Waals surface area contributed by atoms with Crippen LogP contribution >= 0.6 is 0 Å². The van der Waals surface area contributed by atoms with E-state index in [2.05, 4.69) is 5.32 Å². The van der Waals surface area contributed by atoms with Gasteiger partial charge in [0.1, 0.15) is 11.6 Å². The van der Waals surface area contributed by atoms with E-state index in [1.807, 2.05) is 0 Å². The molecule has 0 aliphatic heterocycles. The number of hydrogen-bond donors (Lipinski definition) is 2. The molecule has 6 heteroatoms. The van der Waals surface area contributed by atoms with Crippen molar-refractivity contribution in [2.45, 2.75) is 38.6 Å². The molecular weight excluding hydrogens is 292 g/mol. The van der Waals surface area contributed by atoms with Crippen LogP contribution in [0.25, 0.3) is 0 Å². The van der Waals surface area contributed by atoms with Crippen LogP contribution in [0.1, 0.15) is 44.2 Å². The Kier molecular flexibility index (Phi) is 5.11. The molecular formula is C16H19F2NO3. The van der Waals surface area contributed by atoms with Gasteiger partial charge < -0.3 is 10.4 Å². The van der Waals surface area contributed by atoms with Crippen molar-refractivity contribution in [3.63, 3.8) is 0 Å². The monoisotopic (exact) mass is 311 g/mol. The highest BCUT2D eigenvalue weighted by atomic mass is 19.1. The number of carboxylic acid groups (broad SMARTS) is 1. The van der Waals surface area contributed by atoms with Crippen LogP contribution < -0.4 is 5.32 Å². The molecule has 1 saturated carbocycles. The second-order valence-electron chi connectivity index (χ2n) is 5.78. The second-order valence-corrected chi connectivity index (χ2v) is 5.78. The fraction of sp³-hybridized carbons (Fsp3) is 0.500. The summed E-state index contributed by atoms with van der Waals surface area (Å²) in [4.78, 5) is 23.1. The normalized spacial score (nSPS) is 22.9. The molecule has 22 heavy (non-hydrogen) atoms. The largest absolute Gasteiger partial charge is 0.481 e. The van der Waals surface area contributed by atoms with Gasteiger partial charge in [-0.05, 0) is 38.7 Å². The molecule has 0 saturated heterocycles. The summed E-state index contributed by atoms with van der Waals surface area (Å²) in [6, 6.07) is 2.69. The summed E-state index contributed by atoms with van der Waals surface area (Å²) in [5, 5.41) is 11.7. The fourth-order valence-corrected chi connectivity index (χ4v) is 2.86. The summed E-state index contributed by atoms with van der Waals surface area (Å²) < 4.78 is 26.6. The minimum absolute atomic E-state index is 0.208. The predicted molar refractivity (Wildman–Crippen MR) is 76.0 cm³/mol. The summed E-state index contributed by atoms with van der Waals surface area (Å²) in [5.41, 5.74) is 0.231. The van der Waals surface area contributed by atoms with Crippen molar-refractivity contribution >= 4 is 11.9 Å². The number of rotatable bonds is 4. The third-order valence-electron chi connectivity index (χ3n) is 4.23. The molecule has 0 spiro atoms. The second kappa shape index (κ2) is 6.85. The van der Waals surface area contributed by atoms with E-state index in [0.29, 0.717) is 25.7 Å². The Morgan fingerprint density at radius 3 is 2.32 bits per heavy atom. The molecule has 120 valence electrons. The zero-order valence-electron chi connectivity index (χ0n) is 12.3. The molecule has 0 heterocycles. The van der Waals surface area contributed by atoms with Gasteiger partial charge in [-0.1, -0.05) is 6.07 Å². The van der Waals surface area contributed by atoms with Crippen LogP contribution in [0.4, 0.5) is 8.78 Å². The third-order valence-corrected chi connectivity index (χ3v) is 4.23. The number of nitrogens with one attached hydrogen (secondary N) is 1. The van der Waals surface area contributed by atoms with Crippen molar-refractivity contribution < 1.29 is 23.5 Å². The van der Waals surface area contributed by atoms with E-state index in [1.165, 1.54) is 6.07 Å². The fourth-order valence-electron chi connectivity index (χ4n) is 2.86. The van der Waals surface area contributed by atoms with Crippen molar-refractivity contribution in [2.24, 2.45) is 11.8 Å². The lowest BCUT2D eigenvalue weighted by molar-refractivity contribution is -0.144. The van der Waals surface area contributed by atoms with Gasteiger partial charge in [-0.2, -0.15) is 0 Å². The Labute approximate surface area is 127 Å². The topological polar surface area (TPSA) is 66.4 Å². The minimum atomic E-state index is -0.819. The molecule has 1 atom stereocenters. The molecule has 1 amide bonds. The van der Waals surface area contributed by atoms with E-state index < -0.39 is 23.6 Å². The molecule has 2 rings (SSSR count). The van der Waals surface area contributed by atoms with Crippen LogP contribution in [-0.4, -0.2) is 17.0 Å². The standard InChI is InChI=1S/C16H19F2NO3/c1-9(13-7-6-12(17)8-14(13)18)19-15(20)10-2-4-11(5-3-10)16(21)22/h6-11H,2-5H2,1H3,(H,19,20)(H,21,22). The van der Waals surface area contributed by atoms with E-state index in [1.54, 1.807) is 6.92 Å². The van der Waals surface area contributed by atoms with Crippen molar-refractivity contribution in [1.29, 1.82) is 0 Å². The molecule has 1 aliphatic carbocycles. The zero-order valence-corrected chi connectivity index (χ0v) is 12.3. The molecule has 2 N–H and O–H groups in total. The molecule has 0 bridgehead atoms. The maximum absolute atomic E-state index is 13.7. The minimum Gasteiger partial charge on any atom is -0.481 e. The van der Waals surface area contributed by atoms with Gasteiger partial charge in [-0.25, -0.2) is 8.78 Å².